The lowest BCUT2D eigenvalue weighted by atomic mass is 9.59. The van der Waals surface area contributed by atoms with E-state index in [4.69, 9.17) is 0 Å². The number of rotatable bonds is 2. The number of phenols is 2. The van der Waals surface area contributed by atoms with Crippen molar-refractivity contribution in [2.45, 2.75) is 49.4 Å². The molecule has 2 N–H and O–H groups in total. The first-order chi connectivity index (χ1) is 33.0. The van der Waals surface area contributed by atoms with Crippen LogP contribution in [-0.2, 0) is 6.42 Å². The molecular weight excluding hydrogens is 813 g/mol. The molecule has 0 saturated heterocycles. The first-order valence-corrected chi connectivity index (χ1v) is 23.7. The van der Waals surface area contributed by atoms with E-state index in [0.717, 1.165) is 50.9 Å². The molecule has 2 heteroatoms. The zero-order valence-electron chi connectivity index (χ0n) is 37.0. The molecule has 8 aliphatic rings. The van der Waals surface area contributed by atoms with Crippen molar-refractivity contribution in [2.24, 2.45) is 5.41 Å². The van der Waals surface area contributed by atoms with Gasteiger partial charge in [0.2, 0.25) is 0 Å². The molecule has 8 aromatic carbocycles. The third-order valence-corrected chi connectivity index (χ3v) is 16.3. The summed E-state index contributed by atoms with van der Waals surface area (Å²) in [4.78, 5) is 0. The van der Waals surface area contributed by atoms with Gasteiger partial charge in [0.05, 0.1) is 0 Å². The summed E-state index contributed by atoms with van der Waals surface area (Å²) < 4.78 is 0. The van der Waals surface area contributed by atoms with Crippen LogP contribution in [0.15, 0.2) is 182 Å². The molecule has 1 atom stereocenters. The summed E-state index contributed by atoms with van der Waals surface area (Å²) in [6.45, 7) is 2.27. The minimum atomic E-state index is -0.232. The number of hydrogen-bond acceptors (Lipinski definition) is 2. The second-order valence-electron chi connectivity index (χ2n) is 19.2. The number of fused-ring (bicyclic) bond motifs is 2. The van der Waals surface area contributed by atoms with E-state index < -0.39 is 0 Å². The van der Waals surface area contributed by atoms with Gasteiger partial charge in [-0.2, -0.15) is 0 Å². The molecule has 0 spiro atoms. The Morgan fingerprint density at radius 1 is 0.403 bits per heavy atom. The summed E-state index contributed by atoms with van der Waals surface area (Å²) in [5.74, 6) is 15.7. The molecule has 1 unspecified atom stereocenters. The summed E-state index contributed by atoms with van der Waals surface area (Å²) >= 11 is 0. The van der Waals surface area contributed by atoms with Crippen molar-refractivity contribution in [3.63, 3.8) is 0 Å². The molecule has 0 heterocycles. The van der Waals surface area contributed by atoms with E-state index in [2.05, 4.69) is 188 Å². The molecule has 0 amide bonds. The number of hydrogen-bond donors (Lipinski definition) is 2. The van der Waals surface area contributed by atoms with E-state index in [1.54, 1.807) is 0 Å². The van der Waals surface area contributed by atoms with E-state index in [1.165, 1.54) is 66.8 Å². The van der Waals surface area contributed by atoms with Crippen LogP contribution in [0.4, 0.5) is 0 Å². The lowest BCUT2D eigenvalue weighted by Gasteiger charge is -2.43. The molecule has 16 rings (SSSR count). The van der Waals surface area contributed by atoms with Crippen LogP contribution in [0.5, 0.6) is 11.5 Å². The van der Waals surface area contributed by atoms with Gasteiger partial charge in [-0.3, -0.25) is 0 Å². The smallest absolute Gasteiger partial charge is 0.120 e. The number of benzene rings is 8. The van der Waals surface area contributed by atoms with Crippen LogP contribution in [0.3, 0.4) is 0 Å². The summed E-state index contributed by atoms with van der Waals surface area (Å²) in [6.07, 6.45) is 10.6. The van der Waals surface area contributed by atoms with Crippen LogP contribution in [0.2, 0.25) is 0 Å². The molecule has 4 bridgehead atoms. The lowest BCUT2D eigenvalue weighted by molar-refractivity contribution is 0.406. The molecular formula is C65H44O2. The molecule has 8 aliphatic carbocycles. The Labute approximate surface area is 391 Å². The Morgan fingerprint density at radius 3 is 1.18 bits per heavy atom. The van der Waals surface area contributed by atoms with E-state index in [9.17, 15) is 10.2 Å². The highest BCUT2D eigenvalue weighted by Crippen LogP contribution is 2.60. The van der Waals surface area contributed by atoms with Crippen LogP contribution in [0.1, 0.15) is 154 Å². The maximum absolute atomic E-state index is 11.7. The average Bonchev–Trinajstić information content (AvgIpc) is 3.88. The molecule has 0 aromatic heterocycles. The molecule has 0 aliphatic heterocycles. The highest BCUT2D eigenvalue weighted by molar-refractivity contribution is 5.77. The fraction of sp³-hybridized carbons (Fsp3) is 0.138. The summed E-state index contributed by atoms with van der Waals surface area (Å²) in [5, 5.41) is 23.2. The average molecular weight is 857 g/mol. The van der Waals surface area contributed by atoms with Crippen LogP contribution in [-0.4, -0.2) is 10.2 Å². The van der Waals surface area contributed by atoms with Gasteiger partial charge in [0, 0.05) is 74.8 Å². The topological polar surface area (TPSA) is 40.5 Å². The molecule has 0 radical (unpaired) electrons. The van der Waals surface area contributed by atoms with E-state index in [0.29, 0.717) is 17.9 Å². The first kappa shape index (κ1) is 38.3. The maximum Gasteiger partial charge on any atom is 0.120 e. The fourth-order valence-electron chi connectivity index (χ4n) is 13.5. The predicted octanol–water partition coefficient (Wildman–Crippen LogP) is 13.4. The van der Waals surface area contributed by atoms with Gasteiger partial charge in [0.1, 0.15) is 11.5 Å². The van der Waals surface area contributed by atoms with Gasteiger partial charge in [0.25, 0.3) is 0 Å². The van der Waals surface area contributed by atoms with Gasteiger partial charge in [-0.15, -0.1) is 0 Å². The lowest BCUT2D eigenvalue weighted by Crippen LogP contribution is -2.29. The molecule has 0 fully saturated rings. The quantitative estimate of drug-likeness (QED) is 0.170. The zero-order valence-corrected chi connectivity index (χ0v) is 37.0. The van der Waals surface area contributed by atoms with Gasteiger partial charge in [-0.05, 0) is 121 Å². The third kappa shape index (κ3) is 5.25. The standard InChI is InChI=1S/C65H44O2/c1-2-65(35-13-14-36-65)64-43-16-4-3-15-42(43)37-52-53(66)33-31-38(55(52)64)25-26-39-27-28-40(57-56(39)59-44-17-5-7-19-46(44)60(57)47-20-8-6-18-45(47)59)29-30-41-32-34-54(67)63-58(41)61-48-21-9-11-23-50(48)62(63)51-24-12-10-22-49(51)61/h3-24,27-28,31-36,59-62,64,66-67H,2,37H2,1H3. The SMILES string of the molecule is CCC1(C2c3ccccc3Cc3c(O)ccc(C#Cc4ccc(C#Cc5ccc(O)c6c5C5c7ccccc7C6c6ccccc65)c5c4C4c6ccccc6C5c5ccccc54)c32)C=CC=C1. The summed E-state index contributed by atoms with van der Waals surface area (Å²) in [6, 6.07) is 56.3. The highest BCUT2D eigenvalue weighted by Gasteiger charge is 2.46. The highest BCUT2D eigenvalue weighted by atomic mass is 16.3. The monoisotopic (exact) mass is 856 g/mol. The Hall–Kier alpha value is -8.04. The molecule has 316 valence electrons. The molecule has 0 saturated carbocycles. The van der Waals surface area contributed by atoms with Gasteiger partial charge in [-0.25, -0.2) is 0 Å². The van der Waals surface area contributed by atoms with Crippen molar-refractivity contribution < 1.29 is 10.2 Å². The molecule has 2 nitrogen and oxygen atoms in total. The van der Waals surface area contributed by atoms with Gasteiger partial charge < -0.3 is 10.2 Å². The Bertz CT molecular complexity index is 3580. The Balaban J connectivity index is 0.967. The van der Waals surface area contributed by atoms with Crippen molar-refractivity contribution >= 4 is 0 Å². The molecule has 67 heavy (non-hydrogen) atoms. The normalized spacial score (nSPS) is 20.3. The van der Waals surface area contributed by atoms with Crippen molar-refractivity contribution in [2.75, 3.05) is 0 Å². The number of allylic oxidation sites excluding steroid dienone is 4. The van der Waals surface area contributed by atoms with E-state index >= 15 is 0 Å². The van der Waals surface area contributed by atoms with Crippen LogP contribution < -0.4 is 0 Å². The fourth-order valence-corrected chi connectivity index (χ4v) is 13.5. The minimum absolute atomic E-state index is 0.00498. The van der Waals surface area contributed by atoms with Crippen LogP contribution in [0.25, 0.3) is 0 Å². The second kappa shape index (κ2) is 14.2. The van der Waals surface area contributed by atoms with Crippen molar-refractivity contribution in [1.29, 1.82) is 0 Å². The van der Waals surface area contributed by atoms with Crippen molar-refractivity contribution in [1.82, 2.24) is 0 Å². The van der Waals surface area contributed by atoms with Crippen LogP contribution >= 0.6 is 0 Å². The van der Waals surface area contributed by atoms with E-state index in [-0.39, 0.29) is 35.0 Å². The second-order valence-corrected chi connectivity index (χ2v) is 19.2. The van der Waals surface area contributed by atoms with Gasteiger partial charge in [0.15, 0.2) is 0 Å². The first-order valence-electron chi connectivity index (χ1n) is 23.7. The molecule has 8 aromatic rings. The zero-order chi connectivity index (χ0) is 44.5. The van der Waals surface area contributed by atoms with Gasteiger partial charge in [-0.1, -0.05) is 176 Å². The predicted molar refractivity (Wildman–Crippen MR) is 266 cm³/mol. The third-order valence-electron chi connectivity index (χ3n) is 16.3. The maximum atomic E-state index is 11.7. The summed E-state index contributed by atoms with van der Waals surface area (Å²) in [7, 11) is 0. The Kier molecular flexibility index (Phi) is 8.12. The minimum Gasteiger partial charge on any atom is -0.508 e. The van der Waals surface area contributed by atoms with Crippen molar-refractivity contribution in [3.8, 4) is 35.2 Å². The summed E-state index contributed by atoms with van der Waals surface area (Å²) in [5.41, 5.74) is 23.4. The Morgan fingerprint density at radius 2 is 0.746 bits per heavy atom. The number of aromatic hydroxyl groups is 2. The number of phenolic OH excluding ortho intramolecular Hbond substituents is 2. The van der Waals surface area contributed by atoms with Crippen molar-refractivity contribution in [3.05, 3.63) is 293 Å². The van der Waals surface area contributed by atoms with Gasteiger partial charge >= 0.3 is 0 Å². The van der Waals surface area contributed by atoms with E-state index in [1.807, 2.05) is 24.3 Å². The van der Waals surface area contributed by atoms with Crippen LogP contribution in [0, 0.1) is 29.1 Å². The largest absolute Gasteiger partial charge is 0.508 e.